The van der Waals surface area contributed by atoms with Gasteiger partial charge in [-0.25, -0.2) is 0 Å². The minimum absolute atomic E-state index is 0.0186. The van der Waals surface area contributed by atoms with Crippen LogP contribution in [0.3, 0.4) is 0 Å². The van der Waals surface area contributed by atoms with E-state index in [1.54, 1.807) is 11.8 Å². The highest BCUT2D eigenvalue weighted by molar-refractivity contribution is 8.14. The van der Waals surface area contributed by atoms with E-state index in [1.165, 1.54) is 29.7 Å². The van der Waals surface area contributed by atoms with E-state index in [2.05, 4.69) is 16.4 Å². The van der Waals surface area contributed by atoms with Crippen LogP contribution >= 0.6 is 23.1 Å². The number of nitrogens with one attached hydrogen (secondary N) is 1. The van der Waals surface area contributed by atoms with E-state index in [4.69, 9.17) is 0 Å². The van der Waals surface area contributed by atoms with Crippen molar-refractivity contribution in [2.75, 3.05) is 12.3 Å². The molecule has 1 fully saturated rings. The summed E-state index contributed by atoms with van der Waals surface area (Å²) in [4.78, 5) is 17.1. The fourth-order valence-corrected chi connectivity index (χ4v) is 3.39. The molecule has 3 nitrogen and oxygen atoms in total. The van der Waals surface area contributed by atoms with E-state index < -0.39 is 0 Å². The minimum Gasteiger partial charge on any atom is -0.301 e. The number of carbonyl (C=O) groups is 1. The Labute approximate surface area is 102 Å². The topological polar surface area (TPSA) is 41.5 Å². The molecule has 0 radical (unpaired) electrons. The van der Waals surface area contributed by atoms with Crippen LogP contribution in [0.1, 0.15) is 34.0 Å². The molecule has 1 aromatic heterocycles. The lowest BCUT2D eigenvalue weighted by Gasteiger charge is -2.03. The monoisotopic (exact) mass is 252 g/mol. The Balaban J connectivity index is 1.75. The molecule has 0 unspecified atom stereocenters. The first-order valence-corrected chi connectivity index (χ1v) is 7.27. The minimum atomic E-state index is 0.0186. The van der Waals surface area contributed by atoms with E-state index in [-0.39, 0.29) is 5.91 Å². The van der Waals surface area contributed by atoms with Gasteiger partial charge in [0.05, 0.1) is 11.4 Å². The molecule has 1 N–H and O–H groups in total. The molecule has 3 rings (SSSR count). The van der Waals surface area contributed by atoms with Gasteiger partial charge in [-0.2, -0.15) is 0 Å². The summed E-state index contributed by atoms with van der Waals surface area (Å²) >= 11 is 3.15. The number of thiophene rings is 1. The highest BCUT2D eigenvalue weighted by Gasteiger charge is 2.29. The molecular weight excluding hydrogens is 240 g/mol. The van der Waals surface area contributed by atoms with Crippen molar-refractivity contribution in [1.82, 2.24) is 5.32 Å². The Morgan fingerprint density at radius 2 is 2.38 bits per heavy atom. The second kappa shape index (κ2) is 4.22. The lowest BCUT2D eigenvalue weighted by atomic mass is 10.1. The maximum Gasteiger partial charge on any atom is 0.267 e. The number of amidine groups is 1. The predicted octanol–water partition coefficient (Wildman–Crippen LogP) is 2.46. The van der Waals surface area contributed by atoms with Crippen LogP contribution < -0.4 is 5.32 Å². The summed E-state index contributed by atoms with van der Waals surface area (Å²) in [6, 6.07) is 2.08. The van der Waals surface area contributed by atoms with Gasteiger partial charge in [0.25, 0.3) is 5.91 Å². The second-order valence-electron chi connectivity index (χ2n) is 3.97. The Kier molecular flexibility index (Phi) is 2.73. The van der Waals surface area contributed by atoms with Crippen molar-refractivity contribution in [3.8, 4) is 0 Å². The molecule has 5 heteroatoms. The average Bonchev–Trinajstić information content (AvgIpc) is 2.82. The first-order chi connectivity index (χ1) is 7.84. The zero-order valence-corrected chi connectivity index (χ0v) is 10.4. The van der Waals surface area contributed by atoms with Gasteiger partial charge in [-0.1, -0.05) is 11.8 Å². The summed E-state index contributed by atoms with van der Waals surface area (Å²) in [5.41, 5.74) is 1.23. The molecule has 1 aliphatic carbocycles. The molecule has 1 aliphatic heterocycles. The first kappa shape index (κ1) is 10.4. The highest BCUT2D eigenvalue weighted by Crippen LogP contribution is 2.43. The number of thioether (sulfide) groups is 1. The number of nitrogens with zero attached hydrogens (tertiary/aromatic N) is 1. The molecule has 2 aliphatic rings. The van der Waals surface area contributed by atoms with E-state index >= 15 is 0 Å². The predicted molar refractivity (Wildman–Crippen MR) is 68.5 cm³/mol. The zero-order chi connectivity index (χ0) is 11.0. The van der Waals surface area contributed by atoms with Gasteiger partial charge in [0.1, 0.15) is 0 Å². The van der Waals surface area contributed by atoms with Crippen LogP contribution in [0.5, 0.6) is 0 Å². The number of hydrogen-bond acceptors (Lipinski definition) is 4. The van der Waals surface area contributed by atoms with Crippen LogP contribution in [0.4, 0.5) is 0 Å². The second-order valence-corrected chi connectivity index (χ2v) is 5.97. The number of carbonyl (C=O) groups excluding carboxylic acids is 1. The van der Waals surface area contributed by atoms with Gasteiger partial charge in [0, 0.05) is 5.75 Å². The maximum atomic E-state index is 12.0. The zero-order valence-electron chi connectivity index (χ0n) is 8.73. The summed E-state index contributed by atoms with van der Waals surface area (Å²) in [7, 11) is 0. The molecule has 2 heterocycles. The van der Waals surface area contributed by atoms with E-state index in [0.29, 0.717) is 5.92 Å². The summed E-state index contributed by atoms with van der Waals surface area (Å²) in [5.74, 6) is 1.63. The van der Waals surface area contributed by atoms with Gasteiger partial charge in [0.2, 0.25) is 0 Å². The van der Waals surface area contributed by atoms with Crippen LogP contribution in [-0.2, 0) is 0 Å². The van der Waals surface area contributed by atoms with E-state index in [1.807, 2.05) is 5.38 Å². The van der Waals surface area contributed by atoms with Crippen molar-refractivity contribution in [1.29, 1.82) is 0 Å². The van der Waals surface area contributed by atoms with Crippen LogP contribution in [-0.4, -0.2) is 23.4 Å². The van der Waals surface area contributed by atoms with Crippen molar-refractivity contribution in [3.63, 3.8) is 0 Å². The summed E-state index contributed by atoms with van der Waals surface area (Å²) in [6.45, 7) is 0.820. The fraction of sp³-hybridized carbons (Fsp3) is 0.455. The smallest absolute Gasteiger partial charge is 0.267 e. The van der Waals surface area contributed by atoms with Crippen LogP contribution in [0.25, 0.3) is 0 Å². The molecule has 1 amide bonds. The molecular formula is C11H12N2OS2. The molecule has 84 valence electrons. The molecule has 0 atom stereocenters. The van der Waals surface area contributed by atoms with Crippen molar-refractivity contribution >= 4 is 34.2 Å². The van der Waals surface area contributed by atoms with Gasteiger partial charge in [-0.3, -0.25) is 9.79 Å². The molecule has 16 heavy (non-hydrogen) atoms. The van der Waals surface area contributed by atoms with Crippen LogP contribution in [0, 0.1) is 0 Å². The van der Waals surface area contributed by atoms with Gasteiger partial charge in [-0.15, -0.1) is 11.3 Å². The van der Waals surface area contributed by atoms with Crippen molar-refractivity contribution in [3.05, 3.63) is 21.9 Å². The standard InChI is InChI=1S/C11H12N2OS2/c14-10(13-11-12-4-6-16-11)9-8(3-5-15-9)7-1-2-7/h3,5,7H,1-2,4,6H2,(H,12,13,14). The van der Waals surface area contributed by atoms with Gasteiger partial charge in [0.15, 0.2) is 5.17 Å². The molecule has 1 saturated carbocycles. The lowest BCUT2D eigenvalue weighted by Crippen LogP contribution is -2.27. The lowest BCUT2D eigenvalue weighted by molar-refractivity contribution is 0.0981. The van der Waals surface area contributed by atoms with Crippen LogP contribution in [0.15, 0.2) is 16.4 Å². The molecule has 1 aromatic rings. The summed E-state index contributed by atoms with van der Waals surface area (Å²) in [5, 5.41) is 5.67. The summed E-state index contributed by atoms with van der Waals surface area (Å²) in [6.07, 6.45) is 2.46. The number of rotatable bonds is 2. The van der Waals surface area contributed by atoms with Crippen LogP contribution in [0.2, 0.25) is 0 Å². The first-order valence-electron chi connectivity index (χ1n) is 5.40. The van der Waals surface area contributed by atoms with E-state index in [0.717, 1.165) is 22.3 Å². The Bertz CT molecular complexity index is 449. The maximum absolute atomic E-state index is 12.0. The molecule has 0 aromatic carbocycles. The third-order valence-corrected chi connectivity index (χ3v) is 4.55. The third kappa shape index (κ3) is 2.01. The van der Waals surface area contributed by atoms with Gasteiger partial charge in [-0.05, 0) is 35.8 Å². The van der Waals surface area contributed by atoms with Gasteiger partial charge < -0.3 is 5.32 Å². The highest BCUT2D eigenvalue weighted by atomic mass is 32.2. The quantitative estimate of drug-likeness (QED) is 0.878. The number of amides is 1. The Morgan fingerprint density at radius 3 is 3.06 bits per heavy atom. The van der Waals surface area contributed by atoms with Crippen molar-refractivity contribution in [2.24, 2.45) is 4.99 Å². The molecule has 0 saturated heterocycles. The van der Waals surface area contributed by atoms with Crippen molar-refractivity contribution in [2.45, 2.75) is 18.8 Å². The fourth-order valence-electron chi connectivity index (χ4n) is 1.78. The largest absolute Gasteiger partial charge is 0.301 e. The SMILES string of the molecule is O=C(NC1=NCCS1)c1sccc1C1CC1. The van der Waals surface area contributed by atoms with E-state index in [9.17, 15) is 4.79 Å². The van der Waals surface area contributed by atoms with Crippen molar-refractivity contribution < 1.29 is 4.79 Å². The normalized spacial score (nSPS) is 19.6. The average molecular weight is 252 g/mol. The Hall–Kier alpha value is -0.810. The number of aliphatic imine (C=N–C) groups is 1. The Morgan fingerprint density at radius 1 is 1.50 bits per heavy atom. The molecule has 0 spiro atoms. The number of hydrogen-bond donors (Lipinski definition) is 1. The summed E-state index contributed by atoms with van der Waals surface area (Å²) < 4.78 is 0. The molecule has 0 bridgehead atoms. The van der Waals surface area contributed by atoms with Gasteiger partial charge >= 0.3 is 0 Å². The third-order valence-electron chi connectivity index (χ3n) is 2.73.